The maximum Gasteiger partial charge on any atom is 0.234 e. The quantitative estimate of drug-likeness (QED) is 0.307. The third-order valence-electron chi connectivity index (χ3n) is 4.19. The fourth-order valence-electron chi connectivity index (χ4n) is 2.86. The SMILES string of the molecule is O=C(CSc1nnc(-c2ccc(Cl)cc2)n1Cc1ccco1)Nc1cc(Cl)cc(Cl)c1. The molecule has 0 atom stereocenters. The molecule has 4 rings (SSSR count). The van der Waals surface area contributed by atoms with Gasteiger partial charge < -0.3 is 9.73 Å². The van der Waals surface area contributed by atoms with Crippen molar-refractivity contribution in [1.29, 1.82) is 0 Å². The molecule has 0 spiro atoms. The van der Waals surface area contributed by atoms with Crippen LogP contribution in [-0.4, -0.2) is 26.4 Å². The number of nitrogens with zero attached hydrogens (tertiary/aromatic N) is 3. The maximum atomic E-state index is 12.4. The third kappa shape index (κ3) is 5.62. The van der Waals surface area contributed by atoms with Crippen molar-refractivity contribution in [2.24, 2.45) is 0 Å². The molecule has 158 valence electrons. The lowest BCUT2D eigenvalue weighted by molar-refractivity contribution is -0.113. The number of anilines is 1. The standard InChI is InChI=1S/C21H15Cl3N4O2S/c22-14-5-3-13(4-6-14)20-26-27-21(28(20)11-18-2-1-7-30-18)31-12-19(29)25-17-9-15(23)8-16(24)10-17/h1-10H,11-12H2,(H,25,29). The highest BCUT2D eigenvalue weighted by atomic mass is 35.5. The number of thioether (sulfide) groups is 1. The summed E-state index contributed by atoms with van der Waals surface area (Å²) < 4.78 is 7.39. The van der Waals surface area contributed by atoms with Crippen molar-refractivity contribution in [3.63, 3.8) is 0 Å². The minimum Gasteiger partial charge on any atom is -0.467 e. The summed E-state index contributed by atoms with van der Waals surface area (Å²) in [7, 11) is 0. The molecule has 0 saturated heterocycles. The third-order valence-corrected chi connectivity index (χ3v) is 5.85. The first-order chi connectivity index (χ1) is 15.0. The average molecular weight is 494 g/mol. The largest absolute Gasteiger partial charge is 0.467 e. The van der Waals surface area contributed by atoms with Crippen LogP contribution in [0.25, 0.3) is 11.4 Å². The summed E-state index contributed by atoms with van der Waals surface area (Å²) in [6.45, 7) is 0.422. The van der Waals surface area contributed by atoms with E-state index in [2.05, 4.69) is 15.5 Å². The molecule has 0 aliphatic carbocycles. The molecule has 4 aromatic rings. The van der Waals surface area contributed by atoms with Gasteiger partial charge in [0.2, 0.25) is 5.91 Å². The number of hydrogen-bond acceptors (Lipinski definition) is 5. The highest BCUT2D eigenvalue weighted by Gasteiger charge is 2.17. The van der Waals surface area contributed by atoms with E-state index in [9.17, 15) is 4.79 Å². The molecule has 2 aromatic carbocycles. The Bertz CT molecular complexity index is 1170. The van der Waals surface area contributed by atoms with E-state index in [0.717, 1.165) is 11.3 Å². The molecule has 0 aliphatic rings. The van der Waals surface area contributed by atoms with E-state index in [0.29, 0.717) is 38.3 Å². The summed E-state index contributed by atoms with van der Waals surface area (Å²) >= 11 is 19.2. The van der Waals surface area contributed by atoms with Crippen molar-refractivity contribution in [2.45, 2.75) is 11.7 Å². The lowest BCUT2D eigenvalue weighted by atomic mass is 10.2. The van der Waals surface area contributed by atoms with Crippen molar-refractivity contribution in [2.75, 3.05) is 11.1 Å². The van der Waals surface area contributed by atoms with Gasteiger partial charge in [0.05, 0.1) is 18.6 Å². The predicted molar refractivity (Wildman–Crippen MR) is 124 cm³/mol. The van der Waals surface area contributed by atoms with Crippen LogP contribution in [0.15, 0.2) is 70.4 Å². The number of aromatic nitrogens is 3. The van der Waals surface area contributed by atoms with Gasteiger partial charge in [0.1, 0.15) is 5.76 Å². The molecule has 0 unspecified atom stereocenters. The number of nitrogens with one attached hydrogen (secondary N) is 1. The van der Waals surface area contributed by atoms with E-state index in [-0.39, 0.29) is 11.7 Å². The Balaban J connectivity index is 1.53. The summed E-state index contributed by atoms with van der Waals surface area (Å²) in [6, 6.07) is 15.9. The number of rotatable bonds is 7. The summed E-state index contributed by atoms with van der Waals surface area (Å²) in [4.78, 5) is 12.4. The fourth-order valence-corrected chi connectivity index (χ4v) is 4.25. The molecule has 0 bridgehead atoms. The van der Waals surface area contributed by atoms with Crippen molar-refractivity contribution < 1.29 is 9.21 Å². The molecule has 6 nitrogen and oxygen atoms in total. The van der Waals surface area contributed by atoms with E-state index in [1.165, 1.54) is 11.8 Å². The smallest absolute Gasteiger partial charge is 0.234 e. The molecular formula is C21H15Cl3N4O2S. The first-order valence-electron chi connectivity index (χ1n) is 9.08. The van der Waals surface area contributed by atoms with E-state index in [1.54, 1.807) is 36.6 Å². The molecule has 0 fully saturated rings. The summed E-state index contributed by atoms with van der Waals surface area (Å²) in [5, 5.41) is 13.5. The molecule has 0 aliphatic heterocycles. The number of hydrogen-bond donors (Lipinski definition) is 1. The van der Waals surface area contributed by atoms with Gasteiger partial charge in [-0.3, -0.25) is 9.36 Å². The zero-order valence-corrected chi connectivity index (χ0v) is 19.0. The van der Waals surface area contributed by atoms with Crippen molar-refractivity contribution >= 4 is 58.2 Å². The van der Waals surface area contributed by atoms with Gasteiger partial charge in [0.15, 0.2) is 11.0 Å². The minimum atomic E-state index is -0.219. The van der Waals surface area contributed by atoms with E-state index >= 15 is 0 Å². The number of benzene rings is 2. The van der Waals surface area contributed by atoms with Gasteiger partial charge in [-0.25, -0.2) is 0 Å². The Kier molecular flexibility index (Phi) is 6.87. The van der Waals surface area contributed by atoms with Crippen LogP contribution in [-0.2, 0) is 11.3 Å². The Morgan fingerprint density at radius 1 is 1.00 bits per heavy atom. The summed E-state index contributed by atoms with van der Waals surface area (Å²) in [6.07, 6.45) is 1.61. The second-order valence-corrected chi connectivity index (χ2v) is 8.73. The van der Waals surface area contributed by atoms with Crippen LogP contribution in [0.1, 0.15) is 5.76 Å². The van der Waals surface area contributed by atoms with Crippen LogP contribution in [0.2, 0.25) is 15.1 Å². The lowest BCUT2D eigenvalue weighted by Gasteiger charge is -2.09. The summed E-state index contributed by atoms with van der Waals surface area (Å²) in [5.41, 5.74) is 1.38. The molecule has 31 heavy (non-hydrogen) atoms. The Morgan fingerprint density at radius 3 is 2.42 bits per heavy atom. The molecule has 1 N–H and O–H groups in total. The molecule has 2 heterocycles. The fraction of sp³-hybridized carbons (Fsp3) is 0.0952. The normalized spacial score (nSPS) is 10.9. The van der Waals surface area contributed by atoms with Crippen LogP contribution >= 0.6 is 46.6 Å². The zero-order chi connectivity index (χ0) is 21.8. The average Bonchev–Trinajstić information content (AvgIpc) is 3.37. The second-order valence-electron chi connectivity index (χ2n) is 6.47. The monoisotopic (exact) mass is 492 g/mol. The molecule has 1 amide bonds. The molecule has 0 saturated carbocycles. The van der Waals surface area contributed by atoms with Gasteiger partial charge in [0.25, 0.3) is 0 Å². The van der Waals surface area contributed by atoms with Crippen molar-refractivity contribution in [3.8, 4) is 11.4 Å². The zero-order valence-electron chi connectivity index (χ0n) is 15.9. The number of amides is 1. The minimum absolute atomic E-state index is 0.126. The van der Waals surface area contributed by atoms with E-state index < -0.39 is 0 Å². The van der Waals surface area contributed by atoms with Gasteiger partial charge in [-0.1, -0.05) is 46.6 Å². The maximum absolute atomic E-state index is 12.4. The van der Waals surface area contributed by atoms with Gasteiger partial charge in [-0.05, 0) is 54.6 Å². The molecule has 2 aromatic heterocycles. The predicted octanol–water partition coefficient (Wildman–Crippen LogP) is 6.28. The molecule has 0 radical (unpaired) electrons. The van der Waals surface area contributed by atoms with Gasteiger partial charge in [0, 0.05) is 26.3 Å². The number of halogens is 3. The first-order valence-corrected chi connectivity index (χ1v) is 11.2. The lowest BCUT2D eigenvalue weighted by Crippen LogP contribution is -2.14. The topological polar surface area (TPSA) is 73.0 Å². The van der Waals surface area contributed by atoms with Crippen LogP contribution in [0, 0.1) is 0 Å². The van der Waals surface area contributed by atoms with Gasteiger partial charge in [-0.15, -0.1) is 10.2 Å². The Morgan fingerprint density at radius 2 is 1.74 bits per heavy atom. The first kappa shape index (κ1) is 21.8. The number of furan rings is 1. The number of carbonyl (C=O) groups excluding carboxylic acids is 1. The van der Waals surface area contributed by atoms with Crippen LogP contribution < -0.4 is 5.32 Å². The van der Waals surface area contributed by atoms with Crippen LogP contribution in [0.5, 0.6) is 0 Å². The van der Waals surface area contributed by atoms with E-state index in [1.807, 2.05) is 28.8 Å². The highest BCUT2D eigenvalue weighted by Crippen LogP contribution is 2.27. The Labute approximate surface area is 197 Å². The number of carbonyl (C=O) groups is 1. The van der Waals surface area contributed by atoms with Crippen molar-refractivity contribution in [3.05, 3.63) is 81.7 Å². The molecule has 10 heteroatoms. The van der Waals surface area contributed by atoms with Crippen LogP contribution in [0.3, 0.4) is 0 Å². The van der Waals surface area contributed by atoms with Crippen LogP contribution in [0.4, 0.5) is 5.69 Å². The summed E-state index contributed by atoms with van der Waals surface area (Å²) in [5.74, 6) is 1.30. The van der Waals surface area contributed by atoms with Crippen molar-refractivity contribution in [1.82, 2.24) is 14.8 Å². The second kappa shape index (κ2) is 9.78. The van der Waals surface area contributed by atoms with E-state index in [4.69, 9.17) is 39.2 Å². The molecular weight excluding hydrogens is 479 g/mol. The Hall–Kier alpha value is -2.45. The van der Waals surface area contributed by atoms with Gasteiger partial charge in [-0.2, -0.15) is 0 Å². The highest BCUT2D eigenvalue weighted by molar-refractivity contribution is 7.99. The van der Waals surface area contributed by atoms with Gasteiger partial charge >= 0.3 is 0 Å².